The number of halogens is 1. The summed E-state index contributed by atoms with van der Waals surface area (Å²) in [5, 5.41) is 3.88. The highest BCUT2D eigenvalue weighted by Crippen LogP contribution is 2.31. The summed E-state index contributed by atoms with van der Waals surface area (Å²) < 4.78 is 0. The predicted octanol–water partition coefficient (Wildman–Crippen LogP) is 4.10. The quantitative estimate of drug-likeness (QED) is 0.848. The molecule has 21 heavy (non-hydrogen) atoms. The predicted molar refractivity (Wildman–Crippen MR) is 91.6 cm³/mol. The molecule has 1 aromatic heterocycles. The highest BCUT2D eigenvalue weighted by atomic mass is 35.5. The summed E-state index contributed by atoms with van der Waals surface area (Å²) in [4.78, 5) is 9.93. The second kappa shape index (κ2) is 5.92. The zero-order valence-electron chi connectivity index (χ0n) is 11.5. The standard InChI is InChI=1S/C16H14ClN3S/c1-2-12-16(21)20-14-10(6-5-7-11(14)17)15(19-12)13-8-3-4-9-18-13/h3-9,12H,2H2,1H3,(H,20,21). The monoisotopic (exact) mass is 315 g/mol. The van der Waals surface area contributed by atoms with Gasteiger partial charge in [-0.3, -0.25) is 9.98 Å². The molecule has 0 radical (unpaired) electrons. The van der Waals surface area contributed by atoms with E-state index in [4.69, 9.17) is 28.8 Å². The molecular formula is C16H14ClN3S. The van der Waals surface area contributed by atoms with Crippen LogP contribution in [0.3, 0.4) is 0 Å². The molecule has 2 aromatic rings. The highest BCUT2D eigenvalue weighted by molar-refractivity contribution is 7.80. The van der Waals surface area contributed by atoms with E-state index in [1.54, 1.807) is 6.20 Å². The zero-order valence-corrected chi connectivity index (χ0v) is 13.1. The van der Waals surface area contributed by atoms with E-state index < -0.39 is 0 Å². The van der Waals surface area contributed by atoms with Gasteiger partial charge in [-0.25, -0.2) is 0 Å². The van der Waals surface area contributed by atoms with Gasteiger partial charge < -0.3 is 5.32 Å². The Morgan fingerprint density at radius 2 is 2.10 bits per heavy atom. The summed E-state index contributed by atoms with van der Waals surface area (Å²) in [5.41, 5.74) is 3.39. The van der Waals surface area contributed by atoms with Gasteiger partial charge in [0.05, 0.1) is 22.1 Å². The Balaban J connectivity index is 2.24. The molecule has 1 aliphatic heterocycles. The molecule has 3 rings (SSSR count). The lowest BCUT2D eigenvalue weighted by Gasteiger charge is -2.12. The number of pyridine rings is 1. The SMILES string of the molecule is CCC1N=C(c2ccccn2)c2cccc(Cl)c2NC1=S. The van der Waals surface area contributed by atoms with E-state index in [9.17, 15) is 0 Å². The minimum Gasteiger partial charge on any atom is -0.346 e. The third-order valence-electron chi connectivity index (χ3n) is 3.40. The number of thiocarbonyl (C=S) groups is 1. The smallest absolute Gasteiger partial charge is 0.105 e. The van der Waals surface area contributed by atoms with Crippen LogP contribution >= 0.6 is 23.8 Å². The van der Waals surface area contributed by atoms with Gasteiger partial charge in [-0.05, 0) is 24.6 Å². The topological polar surface area (TPSA) is 37.3 Å². The Bertz CT molecular complexity index is 713. The van der Waals surface area contributed by atoms with Crippen molar-refractivity contribution in [2.45, 2.75) is 19.4 Å². The van der Waals surface area contributed by atoms with Gasteiger partial charge in [-0.1, -0.05) is 48.9 Å². The third kappa shape index (κ3) is 2.69. The Labute approximate surface area is 134 Å². The van der Waals surface area contributed by atoms with E-state index in [1.807, 2.05) is 36.4 Å². The number of aliphatic imine (C=N–C) groups is 1. The second-order valence-electron chi connectivity index (χ2n) is 4.77. The number of rotatable bonds is 2. The summed E-state index contributed by atoms with van der Waals surface area (Å²) >= 11 is 11.8. The molecular weight excluding hydrogens is 302 g/mol. The Morgan fingerprint density at radius 1 is 1.24 bits per heavy atom. The van der Waals surface area contributed by atoms with Crippen molar-refractivity contribution in [2.75, 3.05) is 5.32 Å². The number of nitrogens with zero attached hydrogens (tertiary/aromatic N) is 2. The van der Waals surface area contributed by atoms with E-state index >= 15 is 0 Å². The van der Waals surface area contributed by atoms with Crippen molar-refractivity contribution in [3.63, 3.8) is 0 Å². The summed E-state index contributed by atoms with van der Waals surface area (Å²) in [6.45, 7) is 2.07. The number of benzene rings is 1. The number of fused-ring (bicyclic) bond motifs is 1. The van der Waals surface area contributed by atoms with Gasteiger partial charge >= 0.3 is 0 Å². The molecule has 1 unspecified atom stereocenters. The van der Waals surface area contributed by atoms with Crippen LogP contribution in [-0.2, 0) is 0 Å². The average Bonchev–Trinajstić information content (AvgIpc) is 2.65. The number of hydrogen-bond acceptors (Lipinski definition) is 3. The first-order valence-electron chi connectivity index (χ1n) is 6.79. The van der Waals surface area contributed by atoms with Crippen LogP contribution in [0.1, 0.15) is 24.6 Å². The summed E-state index contributed by atoms with van der Waals surface area (Å²) in [6.07, 6.45) is 2.59. The van der Waals surface area contributed by atoms with Crippen molar-refractivity contribution in [1.29, 1.82) is 0 Å². The van der Waals surface area contributed by atoms with Crippen LogP contribution in [0.15, 0.2) is 47.6 Å². The number of nitrogens with one attached hydrogen (secondary N) is 1. The van der Waals surface area contributed by atoms with Gasteiger partial charge in [0.25, 0.3) is 0 Å². The Morgan fingerprint density at radius 3 is 2.81 bits per heavy atom. The van der Waals surface area contributed by atoms with Crippen molar-refractivity contribution < 1.29 is 0 Å². The molecule has 0 amide bonds. The zero-order chi connectivity index (χ0) is 14.8. The van der Waals surface area contributed by atoms with Crippen LogP contribution in [0.2, 0.25) is 5.02 Å². The van der Waals surface area contributed by atoms with Crippen LogP contribution in [0.25, 0.3) is 0 Å². The maximum atomic E-state index is 6.33. The first kappa shape index (κ1) is 14.2. The number of aromatic nitrogens is 1. The molecule has 0 fully saturated rings. The van der Waals surface area contributed by atoms with E-state index in [2.05, 4.69) is 17.2 Å². The van der Waals surface area contributed by atoms with Gasteiger partial charge in [-0.2, -0.15) is 0 Å². The fraction of sp³-hybridized carbons (Fsp3) is 0.188. The van der Waals surface area contributed by atoms with E-state index in [1.165, 1.54) is 0 Å². The second-order valence-corrected chi connectivity index (χ2v) is 5.62. The lowest BCUT2D eigenvalue weighted by Crippen LogP contribution is -2.22. The van der Waals surface area contributed by atoms with E-state index in [0.29, 0.717) is 10.0 Å². The molecule has 1 aromatic carbocycles. The Kier molecular flexibility index (Phi) is 3.99. The summed E-state index contributed by atoms with van der Waals surface area (Å²) in [7, 11) is 0. The molecule has 0 saturated heterocycles. The molecule has 5 heteroatoms. The van der Waals surface area contributed by atoms with Crippen molar-refractivity contribution in [2.24, 2.45) is 4.99 Å². The van der Waals surface area contributed by atoms with Crippen LogP contribution in [0, 0.1) is 0 Å². The highest BCUT2D eigenvalue weighted by Gasteiger charge is 2.24. The maximum Gasteiger partial charge on any atom is 0.105 e. The normalized spacial score (nSPS) is 17.5. The van der Waals surface area contributed by atoms with Gasteiger partial charge in [0, 0.05) is 11.8 Å². The maximum absolute atomic E-state index is 6.33. The molecule has 0 bridgehead atoms. The van der Waals surface area contributed by atoms with E-state index in [-0.39, 0.29) is 6.04 Å². The largest absolute Gasteiger partial charge is 0.346 e. The number of benzodiazepines with no additional fused rings is 1. The van der Waals surface area contributed by atoms with Gasteiger partial charge in [0.1, 0.15) is 11.0 Å². The molecule has 106 valence electrons. The molecule has 1 atom stereocenters. The van der Waals surface area contributed by atoms with Gasteiger partial charge in [0.15, 0.2) is 0 Å². The lowest BCUT2D eigenvalue weighted by atomic mass is 10.0. The molecule has 0 aliphatic carbocycles. The first-order valence-corrected chi connectivity index (χ1v) is 7.58. The van der Waals surface area contributed by atoms with Crippen molar-refractivity contribution >= 4 is 40.2 Å². The number of anilines is 1. The number of hydrogen-bond donors (Lipinski definition) is 1. The van der Waals surface area contributed by atoms with Crippen LogP contribution in [0.4, 0.5) is 5.69 Å². The van der Waals surface area contributed by atoms with Gasteiger partial charge in [-0.15, -0.1) is 0 Å². The van der Waals surface area contributed by atoms with Crippen LogP contribution in [-0.4, -0.2) is 21.7 Å². The van der Waals surface area contributed by atoms with Crippen molar-refractivity contribution in [3.05, 3.63) is 58.9 Å². The third-order valence-corrected chi connectivity index (χ3v) is 4.09. The Hall–Kier alpha value is -1.78. The van der Waals surface area contributed by atoms with E-state index in [0.717, 1.165) is 29.1 Å². The van der Waals surface area contributed by atoms with Crippen molar-refractivity contribution in [1.82, 2.24) is 4.98 Å². The fourth-order valence-corrected chi connectivity index (χ4v) is 2.87. The minimum atomic E-state index is -0.0690. The minimum absolute atomic E-state index is 0.0690. The van der Waals surface area contributed by atoms with Crippen LogP contribution in [0.5, 0.6) is 0 Å². The molecule has 1 aliphatic rings. The lowest BCUT2D eigenvalue weighted by molar-refractivity contribution is 0.831. The summed E-state index contributed by atoms with van der Waals surface area (Å²) in [6, 6.07) is 11.5. The average molecular weight is 316 g/mol. The molecule has 0 saturated carbocycles. The molecule has 0 spiro atoms. The molecule has 3 nitrogen and oxygen atoms in total. The fourth-order valence-electron chi connectivity index (χ4n) is 2.32. The first-order chi connectivity index (χ1) is 10.2. The van der Waals surface area contributed by atoms with Crippen molar-refractivity contribution in [3.8, 4) is 0 Å². The summed E-state index contributed by atoms with van der Waals surface area (Å²) in [5.74, 6) is 0. The van der Waals surface area contributed by atoms with Crippen LogP contribution < -0.4 is 5.32 Å². The molecule has 1 N–H and O–H groups in total. The van der Waals surface area contributed by atoms with Gasteiger partial charge in [0.2, 0.25) is 0 Å². The number of para-hydroxylation sites is 1. The molecule has 2 heterocycles.